The second kappa shape index (κ2) is 5.99. The first-order valence-corrected chi connectivity index (χ1v) is 8.48. The Hall–Kier alpha value is -1.66. The van der Waals surface area contributed by atoms with Crippen LogP contribution in [0.25, 0.3) is 0 Å². The number of hydrogen-bond acceptors (Lipinski definition) is 4. The minimum Gasteiger partial charge on any atom is -0.477 e. The highest BCUT2D eigenvalue weighted by atomic mass is 32.1. The lowest BCUT2D eigenvalue weighted by atomic mass is 9.99. The summed E-state index contributed by atoms with van der Waals surface area (Å²) in [6.45, 7) is 0.374. The molecule has 1 amide bonds. The first-order chi connectivity index (χ1) is 10.1. The van der Waals surface area contributed by atoms with Crippen molar-refractivity contribution in [3.05, 3.63) is 43.3 Å². The fourth-order valence-electron chi connectivity index (χ4n) is 2.44. The van der Waals surface area contributed by atoms with E-state index in [0.29, 0.717) is 11.4 Å². The Bertz CT molecular complexity index is 663. The van der Waals surface area contributed by atoms with Crippen LogP contribution in [0.5, 0.6) is 0 Å². The smallest absolute Gasteiger partial charge is 0.345 e. The molecule has 0 unspecified atom stereocenters. The lowest BCUT2D eigenvalue weighted by Crippen LogP contribution is -2.21. The van der Waals surface area contributed by atoms with Crippen LogP contribution in [0.4, 0.5) is 0 Å². The van der Waals surface area contributed by atoms with Crippen molar-refractivity contribution in [2.75, 3.05) is 0 Å². The fraction of sp³-hybridized carbons (Fsp3) is 0.333. The lowest BCUT2D eigenvalue weighted by Gasteiger charge is -2.08. The number of aryl methyl sites for hydroxylation is 2. The molecular weight excluding hydrogens is 306 g/mol. The maximum Gasteiger partial charge on any atom is 0.345 e. The lowest BCUT2D eigenvalue weighted by molar-refractivity contribution is 0.0702. The highest BCUT2D eigenvalue weighted by molar-refractivity contribution is 7.14. The zero-order valence-corrected chi connectivity index (χ0v) is 13.0. The SMILES string of the molecule is O=C(O)c1ccc(CNC(=O)c2cc3c(s2)CCCC3)s1. The molecule has 3 rings (SSSR count). The molecule has 0 fully saturated rings. The second-order valence-electron chi connectivity index (χ2n) is 5.02. The minimum atomic E-state index is -0.927. The maximum atomic E-state index is 12.2. The molecule has 0 bridgehead atoms. The van der Waals surface area contributed by atoms with Crippen molar-refractivity contribution in [1.29, 1.82) is 0 Å². The number of carbonyl (C=O) groups excluding carboxylic acids is 1. The third kappa shape index (κ3) is 3.16. The number of fused-ring (bicyclic) bond motifs is 1. The first kappa shape index (κ1) is 14.3. The van der Waals surface area contributed by atoms with Crippen LogP contribution in [0.3, 0.4) is 0 Å². The van der Waals surface area contributed by atoms with Gasteiger partial charge in [0.15, 0.2) is 0 Å². The molecule has 1 aliphatic rings. The average molecular weight is 321 g/mol. The van der Waals surface area contributed by atoms with Gasteiger partial charge in [0.2, 0.25) is 0 Å². The number of rotatable bonds is 4. The first-order valence-electron chi connectivity index (χ1n) is 6.85. The summed E-state index contributed by atoms with van der Waals surface area (Å²) in [6.07, 6.45) is 4.58. The Morgan fingerprint density at radius 3 is 2.67 bits per heavy atom. The van der Waals surface area contributed by atoms with Gasteiger partial charge in [0, 0.05) is 9.75 Å². The molecule has 21 heavy (non-hydrogen) atoms. The van der Waals surface area contributed by atoms with E-state index in [1.54, 1.807) is 23.5 Å². The van der Waals surface area contributed by atoms with Crippen molar-refractivity contribution in [3.63, 3.8) is 0 Å². The second-order valence-corrected chi connectivity index (χ2v) is 7.33. The van der Waals surface area contributed by atoms with Crippen molar-refractivity contribution in [2.24, 2.45) is 0 Å². The summed E-state index contributed by atoms with van der Waals surface area (Å²) in [5, 5.41) is 11.7. The molecule has 0 atom stereocenters. The average Bonchev–Trinajstić information content (AvgIpc) is 3.11. The van der Waals surface area contributed by atoms with E-state index in [2.05, 4.69) is 5.32 Å². The van der Waals surface area contributed by atoms with Crippen LogP contribution >= 0.6 is 22.7 Å². The zero-order valence-electron chi connectivity index (χ0n) is 11.3. The largest absolute Gasteiger partial charge is 0.477 e. The molecule has 0 saturated heterocycles. The van der Waals surface area contributed by atoms with Crippen molar-refractivity contribution in [3.8, 4) is 0 Å². The number of thiophene rings is 2. The van der Waals surface area contributed by atoms with E-state index in [9.17, 15) is 9.59 Å². The Kier molecular flexibility index (Phi) is 4.07. The standard InChI is InChI=1S/C15H15NO3S2/c17-14(13-7-9-3-1-2-4-11(9)21-13)16-8-10-5-6-12(20-10)15(18)19/h5-7H,1-4,8H2,(H,16,17)(H,18,19). The van der Waals surface area contributed by atoms with Crippen molar-refractivity contribution < 1.29 is 14.7 Å². The van der Waals surface area contributed by atoms with Crippen molar-refractivity contribution in [1.82, 2.24) is 5.32 Å². The number of amides is 1. The van der Waals surface area contributed by atoms with Crippen LogP contribution in [-0.2, 0) is 19.4 Å². The van der Waals surface area contributed by atoms with Crippen molar-refractivity contribution in [2.45, 2.75) is 32.2 Å². The van der Waals surface area contributed by atoms with E-state index >= 15 is 0 Å². The molecule has 110 valence electrons. The van der Waals surface area contributed by atoms with E-state index in [4.69, 9.17) is 5.11 Å². The highest BCUT2D eigenvalue weighted by Gasteiger charge is 2.17. The Labute approximate surface area is 130 Å². The fourth-order valence-corrected chi connectivity index (χ4v) is 4.40. The van der Waals surface area contributed by atoms with E-state index < -0.39 is 5.97 Å². The van der Waals surface area contributed by atoms with E-state index in [1.165, 1.54) is 34.6 Å². The van der Waals surface area contributed by atoms with Crippen LogP contribution in [-0.4, -0.2) is 17.0 Å². The van der Waals surface area contributed by atoms with Gasteiger partial charge < -0.3 is 10.4 Å². The maximum absolute atomic E-state index is 12.2. The van der Waals surface area contributed by atoms with Gasteiger partial charge in [-0.2, -0.15) is 0 Å². The Morgan fingerprint density at radius 1 is 1.14 bits per heavy atom. The molecule has 1 aliphatic carbocycles. The number of carbonyl (C=O) groups is 2. The molecule has 4 nitrogen and oxygen atoms in total. The Balaban J connectivity index is 1.63. The monoisotopic (exact) mass is 321 g/mol. The molecular formula is C15H15NO3S2. The van der Waals surface area contributed by atoms with E-state index in [1.807, 2.05) is 6.07 Å². The topological polar surface area (TPSA) is 66.4 Å². The molecule has 0 aliphatic heterocycles. The van der Waals surface area contributed by atoms with E-state index in [-0.39, 0.29) is 5.91 Å². The summed E-state index contributed by atoms with van der Waals surface area (Å²) >= 11 is 2.78. The van der Waals surface area contributed by atoms with Gasteiger partial charge in [-0.1, -0.05) is 0 Å². The highest BCUT2D eigenvalue weighted by Crippen LogP contribution is 2.29. The number of nitrogens with one attached hydrogen (secondary N) is 1. The summed E-state index contributed by atoms with van der Waals surface area (Å²) in [4.78, 5) is 26.2. The molecule has 2 aromatic heterocycles. The molecule has 2 heterocycles. The third-order valence-electron chi connectivity index (χ3n) is 3.52. The Morgan fingerprint density at radius 2 is 1.95 bits per heavy atom. The summed E-state index contributed by atoms with van der Waals surface area (Å²) in [7, 11) is 0. The summed E-state index contributed by atoms with van der Waals surface area (Å²) in [5.74, 6) is -0.997. The van der Waals surface area contributed by atoms with Gasteiger partial charge in [-0.3, -0.25) is 4.79 Å². The van der Waals surface area contributed by atoms with Gasteiger partial charge in [0.25, 0.3) is 5.91 Å². The van der Waals surface area contributed by atoms with Crippen LogP contribution in [0, 0.1) is 0 Å². The normalized spacial score (nSPS) is 13.7. The summed E-state index contributed by atoms with van der Waals surface area (Å²) in [5.41, 5.74) is 1.32. The third-order valence-corrected chi connectivity index (χ3v) is 5.83. The molecule has 2 aromatic rings. The van der Waals surface area contributed by atoms with Gasteiger partial charge >= 0.3 is 5.97 Å². The van der Waals surface area contributed by atoms with E-state index in [0.717, 1.165) is 22.6 Å². The molecule has 0 aromatic carbocycles. The van der Waals surface area contributed by atoms with Gasteiger partial charge in [-0.15, -0.1) is 22.7 Å². The van der Waals surface area contributed by atoms with Gasteiger partial charge in [0.1, 0.15) is 4.88 Å². The van der Waals surface area contributed by atoms with Gasteiger partial charge in [-0.05, 0) is 49.4 Å². The number of aromatic carboxylic acids is 1. The molecule has 0 spiro atoms. The minimum absolute atomic E-state index is 0.0697. The van der Waals surface area contributed by atoms with Crippen LogP contribution in [0.2, 0.25) is 0 Å². The van der Waals surface area contributed by atoms with Crippen molar-refractivity contribution >= 4 is 34.6 Å². The quantitative estimate of drug-likeness (QED) is 0.908. The molecule has 2 N–H and O–H groups in total. The van der Waals surface area contributed by atoms with Crippen LogP contribution in [0.15, 0.2) is 18.2 Å². The van der Waals surface area contributed by atoms with Crippen LogP contribution in [0.1, 0.15) is 47.5 Å². The van der Waals surface area contributed by atoms with Crippen LogP contribution < -0.4 is 5.32 Å². The van der Waals surface area contributed by atoms with Gasteiger partial charge in [-0.25, -0.2) is 4.79 Å². The molecule has 0 saturated carbocycles. The predicted octanol–water partition coefficient (Wildman–Crippen LogP) is 3.32. The number of hydrogen-bond donors (Lipinski definition) is 2. The summed E-state index contributed by atoms with van der Waals surface area (Å²) < 4.78 is 0. The number of carboxylic acids is 1. The zero-order chi connectivity index (χ0) is 14.8. The number of carboxylic acid groups (broad SMARTS) is 1. The predicted molar refractivity (Wildman–Crippen MR) is 83.4 cm³/mol. The molecule has 0 radical (unpaired) electrons. The molecule has 6 heteroatoms. The summed E-state index contributed by atoms with van der Waals surface area (Å²) in [6, 6.07) is 5.32. The van der Waals surface area contributed by atoms with Gasteiger partial charge in [0.05, 0.1) is 11.4 Å².